The number of nitrogens with two attached hydrogens (primary N) is 1. The Morgan fingerprint density at radius 2 is 2.10 bits per heavy atom. The summed E-state index contributed by atoms with van der Waals surface area (Å²) in [6, 6.07) is -0.472. The molecule has 2 saturated heterocycles. The molecule has 2 N–H and O–H groups in total. The zero-order valence-electron chi connectivity index (χ0n) is 11.7. The van der Waals surface area contributed by atoms with E-state index in [0.29, 0.717) is 32.7 Å². The van der Waals surface area contributed by atoms with E-state index in [4.69, 9.17) is 19.9 Å². The molecule has 0 aromatic rings. The molecule has 3 unspecified atom stereocenters. The molecule has 0 bridgehead atoms. The summed E-state index contributed by atoms with van der Waals surface area (Å²) in [5.41, 5.74) is 5.63. The van der Waals surface area contributed by atoms with E-state index >= 15 is 0 Å². The van der Waals surface area contributed by atoms with Crippen molar-refractivity contribution < 1.29 is 31.8 Å². The van der Waals surface area contributed by atoms with E-state index in [1.54, 1.807) is 0 Å². The lowest BCUT2D eigenvalue weighted by atomic mass is 9.81. The highest BCUT2D eigenvalue weighted by molar-refractivity contribution is 4.93. The van der Waals surface area contributed by atoms with Crippen molar-refractivity contribution in [3.63, 3.8) is 0 Å². The van der Waals surface area contributed by atoms with Crippen molar-refractivity contribution in [1.29, 1.82) is 0 Å². The first-order valence-corrected chi connectivity index (χ1v) is 7.06. The minimum Gasteiger partial charge on any atom is -0.378 e. The monoisotopic (exact) mass is 315 g/mol. The Bertz CT molecular complexity index is 337. The molecule has 2 aliphatic rings. The highest BCUT2D eigenvalue weighted by Gasteiger charge is 2.43. The normalized spacial score (nSPS) is 32.0. The lowest BCUT2D eigenvalue weighted by Crippen LogP contribution is -2.47. The Hall–Kier alpha value is -0.440. The van der Waals surface area contributed by atoms with E-state index in [9.17, 15) is 17.6 Å². The quantitative estimate of drug-likeness (QED) is 0.760. The van der Waals surface area contributed by atoms with Crippen LogP contribution in [0.3, 0.4) is 0 Å². The fraction of sp³-hybridized carbons (Fsp3) is 1.00. The first-order chi connectivity index (χ1) is 9.85. The third kappa shape index (κ3) is 4.28. The van der Waals surface area contributed by atoms with Gasteiger partial charge in [0.2, 0.25) is 0 Å². The predicted molar refractivity (Wildman–Crippen MR) is 66.6 cm³/mol. The van der Waals surface area contributed by atoms with Crippen LogP contribution in [0.1, 0.15) is 19.3 Å². The fourth-order valence-electron chi connectivity index (χ4n) is 2.82. The van der Waals surface area contributed by atoms with Crippen LogP contribution in [0.15, 0.2) is 0 Å². The molecule has 2 rings (SSSR count). The second-order valence-corrected chi connectivity index (χ2v) is 5.83. The van der Waals surface area contributed by atoms with Crippen LogP contribution < -0.4 is 5.73 Å². The Kier molecular flexibility index (Phi) is 5.45. The molecule has 2 fully saturated rings. The highest BCUT2D eigenvalue weighted by Crippen LogP contribution is 2.36. The van der Waals surface area contributed by atoms with Crippen LogP contribution in [-0.2, 0) is 14.2 Å². The van der Waals surface area contributed by atoms with Gasteiger partial charge >= 0.3 is 12.3 Å². The predicted octanol–water partition coefficient (Wildman–Crippen LogP) is 1.82. The molecule has 21 heavy (non-hydrogen) atoms. The number of hydrogen-bond acceptors (Lipinski definition) is 4. The van der Waals surface area contributed by atoms with Gasteiger partial charge in [-0.3, -0.25) is 0 Å². The van der Waals surface area contributed by atoms with Crippen LogP contribution >= 0.6 is 0 Å². The zero-order chi connectivity index (χ0) is 15.5. The molecule has 0 radical (unpaired) electrons. The van der Waals surface area contributed by atoms with Crippen molar-refractivity contribution in [2.75, 3.05) is 33.0 Å². The fourth-order valence-corrected chi connectivity index (χ4v) is 2.82. The SMILES string of the molecule is NC(COCC(F)(F)C(F)F)C1CCOC2(CCOC2)C1. The first-order valence-electron chi connectivity index (χ1n) is 7.06. The summed E-state index contributed by atoms with van der Waals surface area (Å²) in [6.07, 6.45) is -1.54. The molecule has 124 valence electrons. The van der Waals surface area contributed by atoms with Crippen LogP contribution in [0, 0.1) is 5.92 Å². The van der Waals surface area contributed by atoms with Crippen LogP contribution in [0.5, 0.6) is 0 Å². The third-order valence-electron chi connectivity index (χ3n) is 4.13. The average Bonchev–Trinajstić information content (AvgIpc) is 2.86. The Labute approximate surface area is 120 Å². The molecule has 0 saturated carbocycles. The van der Waals surface area contributed by atoms with Crippen molar-refractivity contribution >= 4 is 0 Å². The lowest BCUT2D eigenvalue weighted by Gasteiger charge is -2.39. The number of alkyl halides is 4. The van der Waals surface area contributed by atoms with E-state index in [1.165, 1.54) is 0 Å². The summed E-state index contributed by atoms with van der Waals surface area (Å²) in [5, 5.41) is 0. The largest absolute Gasteiger partial charge is 0.378 e. The topological polar surface area (TPSA) is 53.7 Å². The zero-order valence-corrected chi connectivity index (χ0v) is 11.7. The Morgan fingerprint density at radius 1 is 1.33 bits per heavy atom. The average molecular weight is 315 g/mol. The van der Waals surface area contributed by atoms with E-state index in [0.717, 1.165) is 6.42 Å². The lowest BCUT2D eigenvalue weighted by molar-refractivity contribution is -0.168. The van der Waals surface area contributed by atoms with Crippen molar-refractivity contribution in [3.05, 3.63) is 0 Å². The molecular weight excluding hydrogens is 294 g/mol. The van der Waals surface area contributed by atoms with Crippen LogP contribution in [-0.4, -0.2) is 57.0 Å². The van der Waals surface area contributed by atoms with Crippen LogP contribution in [0.2, 0.25) is 0 Å². The smallest absolute Gasteiger partial charge is 0.330 e. The second-order valence-electron chi connectivity index (χ2n) is 5.83. The molecular formula is C13H21F4NO3. The summed E-state index contributed by atoms with van der Waals surface area (Å²) in [4.78, 5) is 0. The second kappa shape index (κ2) is 6.76. The van der Waals surface area contributed by atoms with Crippen molar-refractivity contribution in [2.45, 2.75) is 43.3 Å². The van der Waals surface area contributed by atoms with Gasteiger partial charge in [-0.2, -0.15) is 8.78 Å². The highest BCUT2D eigenvalue weighted by atomic mass is 19.3. The molecule has 0 aliphatic carbocycles. The van der Waals surface area contributed by atoms with Crippen molar-refractivity contribution in [3.8, 4) is 0 Å². The molecule has 0 aromatic heterocycles. The summed E-state index contributed by atoms with van der Waals surface area (Å²) < 4.78 is 65.2. The standard InChI is InChI=1S/C13H21F4NO3/c14-11(15)13(16,17)8-20-6-10(18)9-1-3-21-12(5-9)2-4-19-7-12/h9-11H,1-8,18H2. The third-order valence-corrected chi connectivity index (χ3v) is 4.13. The number of halogens is 4. The van der Waals surface area contributed by atoms with Crippen LogP contribution in [0.25, 0.3) is 0 Å². The number of hydrogen-bond donors (Lipinski definition) is 1. The van der Waals surface area contributed by atoms with E-state index in [1.807, 2.05) is 0 Å². The number of ether oxygens (including phenoxy) is 3. The molecule has 2 heterocycles. The molecule has 1 spiro atoms. The van der Waals surface area contributed by atoms with Crippen molar-refractivity contribution in [1.82, 2.24) is 0 Å². The van der Waals surface area contributed by atoms with Gasteiger partial charge in [-0.1, -0.05) is 0 Å². The van der Waals surface area contributed by atoms with E-state index in [-0.39, 0.29) is 18.1 Å². The van der Waals surface area contributed by atoms with Crippen molar-refractivity contribution in [2.24, 2.45) is 11.7 Å². The summed E-state index contributed by atoms with van der Waals surface area (Å²) in [6.45, 7) is 0.217. The summed E-state index contributed by atoms with van der Waals surface area (Å²) >= 11 is 0. The molecule has 3 atom stereocenters. The first kappa shape index (κ1) is 16.9. The van der Waals surface area contributed by atoms with Gasteiger partial charge in [0.05, 0.1) is 18.8 Å². The van der Waals surface area contributed by atoms with Gasteiger partial charge in [-0.05, 0) is 18.8 Å². The molecule has 2 aliphatic heterocycles. The van der Waals surface area contributed by atoms with Crippen LogP contribution in [0.4, 0.5) is 17.6 Å². The van der Waals surface area contributed by atoms with E-state index in [2.05, 4.69) is 0 Å². The van der Waals surface area contributed by atoms with Gasteiger partial charge < -0.3 is 19.9 Å². The molecule has 8 heteroatoms. The number of rotatable bonds is 6. The maximum absolute atomic E-state index is 12.7. The van der Waals surface area contributed by atoms with E-state index < -0.39 is 25.0 Å². The maximum atomic E-state index is 12.7. The van der Waals surface area contributed by atoms with Gasteiger partial charge in [0.25, 0.3) is 0 Å². The van der Waals surface area contributed by atoms with Gasteiger partial charge in [0, 0.05) is 25.7 Å². The molecule has 0 amide bonds. The summed E-state index contributed by atoms with van der Waals surface area (Å²) in [5.74, 6) is -4.07. The Morgan fingerprint density at radius 3 is 2.71 bits per heavy atom. The van der Waals surface area contributed by atoms with Gasteiger partial charge in [0.1, 0.15) is 6.61 Å². The minimum atomic E-state index is -4.13. The minimum absolute atomic E-state index is 0.0561. The molecule has 0 aromatic carbocycles. The summed E-state index contributed by atoms with van der Waals surface area (Å²) in [7, 11) is 0. The van der Waals surface area contributed by atoms with Gasteiger partial charge in [-0.25, -0.2) is 8.78 Å². The molecule has 4 nitrogen and oxygen atoms in total. The Balaban J connectivity index is 1.76. The van der Waals surface area contributed by atoms with Gasteiger partial charge in [-0.15, -0.1) is 0 Å². The maximum Gasteiger partial charge on any atom is 0.330 e. The van der Waals surface area contributed by atoms with Gasteiger partial charge in [0.15, 0.2) is 0 Å².